The molecule has 0 bridgehead atoms. The maximum absolute atomic E-state index is 12.5. The Morgan fingerprint density at radius 1 is 1.45 bits per heavy atom. The fourth-order valence-corrected chi connectivity index (χ4v) is 0.790. The molecule has 0 spiro atoms. The van der Waals surface area contributed by atoms with Gasteiger partial charge in [-0.15, -0.1) is 12.4 Å². The van der Waals surface area contributed by atoms with E-state index in [4.69, 9.17) is 5.73 Å². The van der Waals surface area contributed by atoms with Crippen LogP contribution in [0, 0.1) is 5.82 Å². The van der Waals surface area contributed by atoms with Crippen LogP contribution in [-0.4, -0.2) is 0 Å². The first-order valence-corrected chi connectivity index (χ1v) is 3.21. The highest BCUT2D eigenvalue weighted by Crippen LogP contribution is 2.09. The van der Waals surface area contributed by atoms with Gasteiger partial charge in [-0.05, 0) is 24.6 Å². The lowest BCUT2D eigenvalue weighted by molar-refractivity contribution is 0.622. The molecule has 1 aromatic rings. The van der Waals surface area contributed by atoms with Gasteiger partial charge in [-0.25, -0.2) is 4.39 Å². The van der Waals surface area contributed by atoms with Crippen molar-refractivity contribution in [2.45, 2.75) is 13.0 Å². The number of benzene rings is 1. The highest BCUT2D eigenvalue weighted by Gasteiger charge is 1.98. The van der Waals surface area contributed by atoms with E-state index in [1.54, 1.807) is 6.07 Å². The minimum Gasteiger partial charge on any atom is -0.324 e. The van der Waals surface area contributed by atoms with Crippen LogP contribution in [0.15, 0.2) is 24.3 Å². The third-order valence-corrected chi connectivity index (χ3v) is 1.37. The Morgan fingerprint density at radius 2 is 2.09 bits per heavy atom. The van der Waals surface area contributed by atoms with E-state index in [1.807, 2.05) is 13.0 Å². The average Bonchev–Trinajstić information content (AvgIpc) is 1.88. The molecule has 1 rings (SSSR count). The minimum absolute atomic E-state index is 0. The van der Waals surface area contributed by atoms with E-state index in [9.17, 15) is 4.39 Å². The van der Waals surface area contributed by atoms with Crippen LogP contribution in [0.25, 0.3) is 0 Å². The second-order valence-electron chi connectivity index (χ2n) is 2.34. The van der Waals surface area contributed by atoms with Gasteiger partial charge in [0.25, 0.3) is 0 Å². The van der Waals surface area contributed by atoms with Gasteiger partial charge in [0.2, 0.25) is 0 Å². The topological polar surface area (TPSA) is 26.0 Å². The molecule has 11 heavy (non-hydrogen) atoms. The van der Waals surface area contributed by atoms with Gasteiger partial charge in [0.05, 0.1) is 0 Å². The van der Waals surface area contributed by atoms with Crippen LogP contribution in [0.4, 0.5) is 4.39 Å². The molecule has 0 aromatic heterocycles. The second-order valence-corrected chi connectivity index (χ2v) is 2.34. The van der Waals surface area contributed by atoms with Crippen LogP contribution in [0.2, 0.25) is 0 Å². The highest BCUT2D eigenvalue weighted by atomic mass is 35.5. The number of rotatable bonds is 1. The third-order valence-electron chi connectivity index (χ3n) is 1.37. The molecule has 0 aliphatic rings. The minimum atomic E-state index is -0.227. The summed E-state index contributed by atoms with van der Waals surface area (Å²) in [5.74, 6) is -0.227. The van der Waals surface area contributed by atoms with Crippen LogP contribution in [0.1, 0.15) is 18.5 Å². The van der Waals surface area contributed by atoms with Gasteiger partial charge in [-0.3, -0.25) is 0 Å². The summed E-state index contributed by atoms with van der Waals surface area (Å²) in [6.45, 7) is 1.83. The van der Waals surface area contributed by atoms with E-state index >= 15 is 0 Å². The molecule has 0 amide bonds. The molecule has 0 unspecified atom stereocenters. The molecule has 1 nitrogen and oxygen atoms in total. The summed E-state index contributed by atoms with van der Waals surface area (Å²) in [7, 11) is 0. The predicted octanol–water partition coefficient (Wildman–Crippen LogP) is 2.27. The van der Waals surface area contributed by atoms with Gasteiger partial charge in [0, 0.05) is 6.04 Å². The van der Waals surface area contributed by atoms with Crippen LogP contribution < -0.4 is 5.73 Å². The number of hydrogen-bond donors (Lipinski definition) is 1. The van der Waals surface area contributed by atoms with Gasteiger partial charge in [0.15, 0.2) is 0 Å². The Balaban J connectivity index is 0.000001000. The monoisotopic (exact) mass is 175 g/mol. The fraction of sp³-hybridized carbons (Fsp3) is 0.250. The van der Waals surface area contributed by atoms with Crippen molar-refractivity contribution in [3.8, 4) is 0 Å². The Kier molecular flexibility index (Phi) is 4.08. The zero-order chi connectivity index (χ0) is 7.56. The SMILES string of the molecule is C[C@@H](N)c1cccc(F)c1.Cl. The van der Waals surface area contributed by atoms with Crippen molar-refractivity contribution < 1.29 is 4.39 Å². The zero-order valence-corrected chi connectivity index (χ0v) is 7.07. The summed E-state index contributed by atoms with van der Waals surface area (Å²) in [6.07, 6.45) is 0. The molecule has 0 fully saturated rings. The Labute approximate surface area is 71.8 Å². The quantitative estimate of drug-likeness (QED) is 0.696. The summed E-state index contributed by atoms with van der Waals surface area (Å²) >= 11 is 0. The molecule has 0 heterocycles. The largest absolute Gasteiger partial charge is 0.324 e. The van der Waals surface area contributed by atoms with Gasteiger partial charge >= 0.3 is 0 Å². The zero-order valence-electron chi connectivity index (χ0n) is 6.25. The summed E-state index contributed by atoms with van der Waals surface area (Å²) < 4.78 is 12.5. The van der Waals surface area contributed by atoms with E-state index in [2.05, 4.69) is 0 Å². The maximum Gasteiger partial charge on any atom is 0.123 e. The first kappa shape index (κ1) is 10.4. The lowest BCUT2D eigenvalue weighted by atomic mass is 10.1. The van der Waals surface area contributed by atoms with Crippen molar-refractivity contribution in [1.29, 1.82) is 0 Å². The van der Waals surface area contributed by atoms with E-state index in [1.165, 1.54) is 12.1 Å². The van der Waals surface area contributed by atoms with Crippen molar-refractivity contribution >= 4 is 12.4 Å². The molecule has 2 N–H and O–H groups in total. The number of halogens is 2. The lowest BCUT2D eigenvalue weighted by Crippen LogP contribution is -2.04. The summed E-state index contributed by atoms with van der Waals surface area (Å²) in [6, 6.07) is 6.24. The molecule has 0 saturated heterocycles. The molecule has 0 aliphatic heterocycles. The van der Waals surface area contributed by atoms with Gasteiger partial charge in [-0.2, -0.15) is 0 Å². The highest BCUT2D eigenvalue weighted by molar-refractivity contribution is 5.85. The van der Waals surface area contributed by atoms with E-state index in [0.29, 0.717) is 0 Å². The van der Waals surface area contributed by atoms with Crippen LogP contribution in [-0.2, 0) is 0 Å². The van der Waals surface area contributed by atoms with Crippen LogP contribution in [0.3, 0.4) is 0 Å². The second kappa shape index (κ2) is 4.31. The standard InChI is InChI=1S/C8H10FN.ClH/c1-6(10)7-3-2-4-8(9)5-7;/h2-6H,10H2,1H3;1H/t6-;/m1./s1. The molecule has 62 valence electrons. The van der Waals surface area contributed by atoms with Crippen molar-refractivity contribution in [2.75, 3.05) is 0 Å². The predicted molar refractivity (Wildman–Crippen MR) is 46.3 cm³/mol. The molecule has 0 aliphatic carbocycles. The van der Waals surface area contributed by atoms with Crippen LogP contribution >= 0.6 is 12.4 Å². The summed E-state index contributed by atoms with van der Waals surface area (Å²) in [5, 5.41) is 0. The first-order chi connectivity index (χ1) is 4.70. The van der Waals surface area contributed by atoms with Crippen molar-refractivity contribution in [1.82, 2.24) is 0 Å². The molecule has 1 atom stereocenters. The van der Waals surface area contributed by atoms with Crippen molar-refractivity contribution in [2.24, 2.45) is 5.73 Å². The Bertz CT molecular complexity index is 225. The molecular formula is C8H11ClFN. The van der Waals surface area contributed by atoms with E-state index in [0.717, 1.165) is 5.56 Å². The summed E-state index contributed by atoms with van der Waals surface area (Å²) in [5.41, 5.74) is 6.35. The van der Waals surface area contributed by atoms with Gasteiger partial charge in [0.1, 0.15) is 5.82 Å². The van der Waals surface area contributed by atoms with Crippen molar-refractivity contribution in [3.05, 3.63) is 35.6 Å². The number of nitrogens with two attached hydrogens (primary N) is 1. The maximum atomic E-state index is 12.5. The first-order valence-electron chi connectivity index (χ1n) is 3.21. The molecular weight excluding hydrogens is 165 g/mol. The van der Waals surface area contributed by atoms with Gasteiger partial charge < -0.3 is 5.73 Å². The normalized spacial score (nSPS) is 11.9. The molecule has 1 aromatic carbocycles. The third kappa shape index (κ3) is 2.87. The molecule has 0 saturated carbocycles. The number of hydrogen-bond acceptors (Lipinski definition) is 1. The fourth-order valence-electron chi connectivity index (χ4n) is 0.790. The van der Waals surface area contributed by atoms with E-state index in [-0.39, 0.29) is 24.3 Å². The Hall–Kier alpha value is -0.600. The van der Waals surface area contributed by atoms with Gasteiger partial charge in [-0.1, -0.05) is 12.1 Å². The lowest BCUT2D eigenvalue weighted by Gasteiger charge is -2.03. The average molecular weight is 176 g/mol. The van der Waals surface area contributed by atoms with E-state index < -0.39 is 0 Å². The molecule has 0 radical (unpaired) electrons. The molecule has 3 heteroatoms. The smallest absolute Gasteiger partial charge is 0.123 e. The van der Waals surface area contributed by atoms with Crippen molar-refractivity contribution in [3.63, 3.8) is 0 Å². The Morgan fingerprint density at radius 3 is 2.45 bits per heavy atom. The summed E-state index contributed by atoms with van der Waals surface area (Å²) in [4.78, 5) is 0. The van der Waals surface area contributed by atoms with Crippen LogP contribution in [0.5, 0.6) is 0 Å².